The highest BCUT2D eigenvalue weighted by molar-refractivity contribution is 5.78. The van der Waals surface area contributed by atoms with Crippen LogP contribution in [0.2, 0.25) is 0 Å². The fourth-order valence-electron chi connectivity index (χ4n) is 7.10. The van der Waals surface area contributed by atoms with Gasteiger partial charge in [0.15, 0.2) is 0 Å². The Morgan fingerprint density at radius 1 is 1.05 bits per heavy atom. The lowest BCUT2D eigenvalue weighted by atomic mass is 9.75. The summed E-state index contributed by atoms with van der Waals surface area (Å²) < 4.78 is 32.4. The average Bonchev–Trinajstić information content (AvgIpc) is 3.31. The number of hydrogen-bond donors (Lipinski definition) is 1. The van der Waals surface area contributed by atoms with Gasteiger partial charge in [-0.1, -0.05) is 37.1 Å². The van der Waals surface area contributed by atoms with Crippen LogP contribution < -0.4 is 9.47 Å². The molecule has 0 saturated heterocycles. The van der Waals surface area contributed by atoms with Crippen LogP contribution in [0, 0.1) is 11.7 Å². The minimum Gasteiger partial charge on any atom is -0.489 e. The zero-order valence-corrected chi connectivity index (χ0v) is 22.5. The van der Waals surface area contributed by atoms with Crippen LogP contribution in [0.5, 0.6) is 11.6 Å². The standard InChI is InChI=1S/C32H34FNO5/c1-37-19-31(10-3-4-11-31)26-13-20(5-8-23(26)24-15-29(38-2)34-17-28(24)33)18-39-22-7-6-21-9-12-32(25(21)14-22)16-27(32)30(35)36/h5-8,13-15,17,27H,3-4,9-12,16,18-19H2,1-2H3,(H,35,36)/t27-,32-/m0/s1. The number of methoxy groups -OCH3 is 2. The van der Waals surface area contributed by atoms with Crippen molar-refractivity contribution in [2.75, 3.05) is 20.8 Å². The minimum absolute atomic E-state index is 0.208. The molecule has 0 unspecified atom stereocenters. The van der Waals surface area contributed by atoms with Crippen molar-refractivity contribution in [3.8, 4) is 22.8 Å². The number of fused-ring (bicyclic) bond motifs is 2. The van der Waals surface area contributed by atoms with E-state index in [-0.39, 0.29) is 16.7 Å². The Balaban J connectivity index is 1.32. The Bertz CT molecular complexity index is 1420. The smallest absolute Gasteiger partial charge is 0.307 e. The third-order valence-electron chi connectivity index (χ3n) is 9.20. The molecule has 6 rings (SSSR count). The van der Waals surface area contributed by atoms with E-state index in [4.69, 9.17) is 14.2 Å². The molecule has 1 aromatic heterocycles. The molecule has 0 amide bonds. The van der Waals surface area contributed by atoms with Crippen molar-refractivity contribution in [1.82, 2.24) is 4.98 Å². The molecule has 1 heterocycles. The number of pyridine rings is 1. The third kappa shape index (κ3) is 4.46. The van der Waals surface area contributed by atoms with Crippen LogP contribution in [0.3, 0.4) is 0 Å². The quantitative estimate of drug-likeness (QED) is 0.353. The first-order valence-corrected chi connectivity index (χ1v) is 13.7. The van der Waals surface area contributed by atoms with Crippen molar-refractivity contribution in [2.45, 2.75) is 62.4 Å². The van der Waals surface area contributed by atoms with Gasteiger partial charge in [-0.05, 0) is 72.1 Å². The SMILES string of the molecule is COCC1(c2cc(COc3ccc4c(c3)[C@]3(CC4)C[C@H]3C(=O)O)ccc2-c2cc(OC)ncc2F)CCCC1. The van der Waals surface area contributed by atoms with E-state index in [0.717, 1.165) is 66.5 Å². The highest BCUT2D eigenvalue weighted by Gasteiger charge is 2.61. The summed E-state index contributed by atoms with van der Waals surface area (Å²) in [5.74, 6) is -0.277. The van der Waals surface area contributed by atoms with Crippen LogP contribution in [0.25, 0.3) is 11.1 Å². The van der Waals surface area contributed by atoms with Crippen LogP contribution in [0.4, 0.5) is 4.39 Å². The first-order chi connectivity index (χ1) is 18.9. The highest BCUT2D eigenvalue weighted by Crippen LogP contribution is 2.62. The molecule has 39 heavy (non-hydrogen) atoms. The number of aromatic nitrogens is 1. The van der Waals surface area contributed by atoms with E-state index in [1.54, 1.807) is 13.2 Å². The second-order valence-electron chi connectivity index (χ2n) is 11.4. The van der Waals surface area contributed by atoms with Gasteiger partial charge < -0.3 is 19.3 Å². The van der Waals surface area contributed by atoms with Crippen molar-refractivity contribution in [1.29, 1.82) is 0 Å². The molecule has 2 atom stereocenters. The molecular formula is C32H34FNO5. The zero-order chi connectivity index (χ0) is 27.2. The molecule has 1 spiro atoms. The van der Waals surface area contributed by atoms with Gasteiger partial charge in [0.25, 0.3) is 0 Å². The Labute approximate surface area is 228 Å². The minimum atomic E-state index is -0.707. The molecule has 3 aliphatic carbocycles. The summed E-state index contributed by atoms with van der Waals surface area (Å²) in [6, 6.07) is 13.9. The summed E-state index contributed by atoms with van der Waals surface area (Å²) >= 11 is 0. The van der Waals surface area contributed by atoms with Gasteiger partial charge in [0, 0.05) is 29.6 Å². The second-order valence-corrected chi connectivity index (χ2v) is 11.4. The highest BCUT2D eigenvalue weighted by atomic mass is 19.1. The topological polar surface area (TPSA) is 77.9 Å². The summed E-state index contributed by atoms with van der Waals surface area (Å²) in [5.41, 5.74) is 5.27. The Morgan fingerprint density at radius 3 is 2.59 bits per heavy atom. The van der Waals surface area contributed by atoms with Crippen molar-refractivity contribution in [3.05, 3.63) is 76.7 Å². The number of ether oxygens (including phenoxy) is 3. The largest absolute Gasteiger partial charge is 0.489 e. The normalized spacial score (nSPS) is 22.6. The Kier molecular flexibility index (Phi) is 6.58. The number of carbonyl (C=O) groups is 1. The van der Waals surface area contributed by atoms with E-state index in [1.165, 1.54) is 18.9 Å². The van der Waals surface area contributed by atoms with Gasteiger partial charge in [-0.3, -0.25) is 4.79 Å². The molecular weight excluding hydrogens is 497 g/mol. The molecule has 0 aliphatic heterocycles. The van der Waals surface area contributed by atoms with E-state index in [9.17, 15) is 9.90 Å². The molecule has 2 fully saturated rings. The van der Waals surface area contributed by atoms with Gasteiger partial charge >= 0.3 is 5.97 Å². The van der Waals surface area contributed by atoms with E-state index in [2.05, 4.69) is 17.1 Å². The first kappa shape index (κ1) is 25.8. The number of carboxylic acid groups (broad SMARTS) is 1. The number of aliphatic carboxylic acids is 1. The molecule has 204 valence electrons. The number of benzene rings is 2. The maximum absolute atomic E-state index is 15.1. The molecule has 3 aliphatic rings. The third-order valence-corrected chi connectivity index (χ3v) is 9.20. The summed E-state index contributed by atoms with van der Waals surface area (Å²) in [5, 5.41) is 9.58. The maximum atomic E-state index is 15.1. The number of carboxylic acids is 1. The predicted octanol–water partition coefficient (Wildman–Crippen LogP) is 6.22. The number of halogens is 1. The molecule has 2 saturated carbocycles. The lowest BCUT2D eigenvalue weighted by molar-refractivity contribution is -0.139. The Morgan fingerprint density at radius 2 is 1.87 bits per heavy atom. The van der Waals surface area contributed by atoms with Crippen LogP contribution in [-0.4, -0.2) is 36.9 Å². The van der Waals surface area contributed by atoms with Gasteiger partial charge in [-0.2, -0.15) is 0 Å². The summed E-state index contributed by atoms with van der Waals surface area (Å²) in [7, 11) is 3.25. The van der Waals surface area contributed by atoms with Crippen LogP contribution in [0.1, 0.15) is 60.8 Å². The molecule has 0 bridgehead atoms. The molecule has 0 radical (unpaired) electrons. The summed E-state index contributed by atoms with van der Waals surface area (Å²) in [6.45, 7) is 0.915. The molecule has 3 aromatic rings. The number of aryl methyl sites for hydroxylation is 1. The number of hydrogen-bond acceptors (Lipinski definition) is 5. The van der Waals surface area contributed by atoms with Crippen LogP contribution >= 0.6 is 0 Å². The first-order valence-electron chi connectivity index (χ1n) is 13.7. The van der Waals surface area contributed by atoms with E-state index in [0.29, 0.717) is 31.1 Å². The zero-order valence-electron chi connectivity index (χ0n) is 22.5. The van der Waals surface area contributed by atoms with Gasteiger partial charge in [0.05, 0.1) is 25.8 Å². The predicted molar refractivity (Wildman–Crippen MR) is 145 cm³/mol. The maximum Gasteiger partial charge on any atom is 0.307 e. The molecule has 1 N–H and O–H groups in total. The molecule has 2 aromatic carbocycles. The van der Waals surface area contributed by atoms with Crippen LogP contribution in [-0.2, 0) is 33.4 Å². The summed E-state index contributed by atoms with van der Waals surface area (Å²) in [4.78, 5) is 15.7. The van der Waals surface area contributed by atoms with Gasteiger partial charge in [0.2, 0.25) is 5.88 Å². The number of rotatable bonds is 9. The van der Waals surface area contributed by atoms with E-state index < -0.39 is 11.8 Å². The second kappa shape index (κ2) is 9.94. The Hall–Kier alpha value is -3.45. The fourth-order valence-corrected chi connectivity index (χ4v) is 7.10. The van der Waals surface area contributed by atoms with Crippen molar-refractivity contribution >= 4 is 5.97 Å². The monoisotopic (exact) mass is 531 g/mol. The van der Waals surface area contributed by atoms with E-state index >= 15 is 4.39 Å². The molecule has 7 heteroatoms. The molecule has 6 nitrogen and oxygen atoms in total. The van der Waals surface area contributed by atoms with Gasteiger partial charge in [-0.25, -0.2) is 9.37 Å². The summed E-state index contributed by atoms with van der Waals surface area (Å²) in [6.07, 6.45) is 7.87. The van der Waals surface area contributed by atoms with Crippen molar-refractivity contribution in [3.63, 3.8) is 0 Å². The van der Waals surface area contributed by atoms with E-state index in [1.807, 2.05) is 24.3 Å². The average molecular weight is 532 g/mol. The lowest BCUT2D eigenvalue weighted by Gasteiger charge is -2.32. The fraction of sp³-hybridized carbons (Fsp3) is 0.438. The van der Waals surface area contributed by atoms with Crippen molar-refractivity contribution in [2.24, 2.45) is 5.92 Å². The lowest BCUT2D eigenvalue weighted by Crippen LogP contribution is -2.29. The van der Waals surface area contributed by atoms with Gasteiger partial charge in [-0.15, -0.1) is 0 Å². The number of nitrogens with zero attached hydrogens (tertiary/aromatic N) is 1. The van der Waals surface area contributed by atoms with Crippen molar-refractivity contribution < 1.29 is 28.5 Å². The van der Waals surface area contributed by atoms with Gasteiger partial charge in [0.1, 0.15) is 18.2 Å². The van der Waals surface area contributed by atoms with Crippen LogP contribution in [0.15, 0.2) is 48.7 Å².